The van der Waals surface area contributed by atoms with Gasteiger partial charge in [0, 0.05) is 11.9 Å². The molecular formula is C19H16N4O4. The molecule has 0 atom stereocenters. The second-order valence-electron chi connectivity index (χ2n) is 5.64. The van der Waals surface area contributed by atoms with Crippen molar-refractivity contribution < 1.29 is 14.7 Å². The van der Waals surface area contributed by atoms with Crippen LogP contribution in [0.5, 0.6) is 0 Å². The number of amides is 1. The van der Waals surface area contributed by atoms with Crippen molar-refractivity contribution in [3.63, 3.8) is 0 Å². The fourth-order valence-corrected chi connectivity index (χ4v) is 2.55. The van der Waals surface area contributed by atoms with Crippen molar-refractivity contribution in [2.75, 3.05) is 0 Å². The minimum atomic E-state index is -1.02. The molecule has 27 heavy (non-hydrogen) atoms. The highest BCUT2D eigenvalue weighted by molar-refractivity contribution is 6.05. The third-order valence-corrected chi connectivity index (χ3v) is 3.92. The zero-order valence-corrected chi connectivity index (χ0v) is 14.4. The minimum absolute atomic E-state index is 0.102. The van der Waals surface area contributed by atoms with Crippen LogP contribution < -0.4 is 11.0 Å². The highest BCUT2D eigenvalue weighted by Crippen LogP contribution is 2.13. The van der Waals surface area contributed by atoms with Crippen LogP contribution in [0.1, 0.15) is 33.3 Å². The van der Waals surface area contributed by atoms with Crippen molar-refractivity contribution in [1.82, 2.24) is 15.2 Å². The summed E-state index contributed by atoms with van der Waals surface area (Å²) in [6.07, 6.45) is 1.39. The molecule has 2 aromatic carbocycles. The van der Waals surface area contributed by atoms with Crippen molar-refractivity contribution in [2.24, 2.45) is 5.10 Å². The summed E-state index contributed by atoms with van der Waals surface area (Å²) in [5.74, 6) is -1.57. The van der Waals surface area contributed by atoms with Gasteiger partial charge in [0.15, 0.2) is 5.69 Å². The number of carbonyl (C=O) groups excluding carboxylic acids is 1. The SMILES string of the molecule is CCn1nc(C(=O)N/N=C/c2ccc(C(=O)O)cc2)c2ccccc2c1=O. The Hall–Kier alpha value is -3.81. The number of hydrogen-bond acceptors (Lipinski definition) is 5. The molecule has 3 rings (SSSR count). The van der Waals surface area contributed by atoms with Gasteiger partial charge in [0.1, 0.15) is 0 Å². The highest BCUT2D eigenvalue weighted by Gasteiger charge is 2.15. The van der Waals surface area contributed by atoms with Crippen molar-refractivity contribution in [2.45, 2.75) is 13.5 Å². The first-order valence-electron chi connectivity index (χ1n) is 8.18. The van der Waals surface area contributed by atoms with E-state index in [1.807, 2.05) is 0 Å². The number of hydrogen-bond donors (Lipinski definition) is 2. The van der Waals surface area contributed by atoms with E-state index in [2.05, 4.69) is 15.6 Å². The Morgan fingerprint density at radius 2 is 1.81 bits per heavy atom. The number of carboxylic acid groups (broad SMARTS) is 1. The molecule has 3 aromatic rings. The highest BCUT2D eigenvalue weighted by atomic mass is 16.4. The molecule has 8 nitrogen and oxygen atoms in total. The quantitative estimate of drug-likeness (QED) is 0.530. The van der Waals surface area contributed by atoms with Gasteiger partial charge in [0.05, 0.1) is 17.2 Å². The molecular weight excluding hydrogens is 348 g/mol. The van der Waals surface area contributed by atoms with Crippen molar-refractivity contribution in [3.05, 3.63) is 75.7 Å². The van der Waals surface area contributed by atoms with Crippen LogP contribution in [0.25, 0.3) is 10.8 Å². The number of nitrogens with one attached hydrogen (secondary N) is 1. The van der Waals surface area contributed by atoms with Crippen LogP contribution in [-0.4, -0.2) is 33.0 Å². The number of carbonyl (C=O) groups is 2. The van der Waals surface area contributed by atoms with Gasteiger partial charge in [-0.3, -0.25) is 9.59 Å². The van der Waals surface area contributed by atoms with E-state index in [0.29, 0.717) is 22.9 Å². The van der Waals surface area contributed by atoms with Crippen molar-refractivity contribution in [1.29, 1.82) is 0 Å². The first-order chi connectivity index (χ1) is 13.0. The molecule has 136 valence electrons. The normalized spacial score (nSPS) is 11.0. The predicted molar refractivity (Wildman–Crippen MR) is 100 cm³/mol. The van der Waals surface area contributed by atoms with Crippen molar-refractivity contribution >= 4 is 28.9 Å². The van der Waals surface area contributed by atoms with Gasteiger partial charge in [-0.15, -0.1) is 0 Å². The number of nitrogens with zero attached hydrogens (tertiary/aromatic N) is 3. The molecule has 0 fully saturated rings. The average molecular weight is 364 g/mol. The molecule has 0 unspecified atom stereocenters. The fourth-order valence-electron chi connectivity index (χ4n) is 2.55. The molecule has 1 heterocycles. The standard InChI is InChI=1S/C19H16N4O4/c1-2-23-18(25)15-6-4-3-5-14(15)16(22-23)17(24)21-20-11-12-7-9-13(10-8-12)19(26)27/h3-11H,2H2,1H3,(H,21,24)(H,26,27)/b20-11+. The number of aromatic nitrogens is 2. The summed E-state index contributed by atoms with van der Waals surface area (Å²) in [5.41, 5.74) is 3.01. The summed E-state index contributed by atoms with van der Waals surface area (Å²) >= 11 is 0. The molecule has 0 bridgehead atoms. The first kappa shape index (κ1) is 18.0. The maximum Gasteiger partial charge on any atom is 0.335 e. The smallest absolute Gasteiger partial charge is 0.335 e. The molecule has 1 amide bonds. The summed E-state index contributed by atoms with van der Waals surface area (Å²) < 4.78 is 1.23. The maximum atomic E-state index is 12.5. The topological polar surface area (TPSA) is 114 Å². The average Bonchev–Trinajstić information content (AvgIpc) is 2.69. The number of aryl methyl sites for hydroxylation is 1. The van der Waals surface area contributed by atoms with Crippen LogP contribution in [0, 0.1) is 0 Å². The number of hydrazone groups is 1. The lowest BCUT2D eigenvalue weighted by Crippen LogP contribution is -2.28. The summed E-state index contributed by atoms with van der Waals surface area (Å²) in [6, 6.07) is 12.8. The van der Waals surface area contributed by atoms with E-state index in [0.717, 1.165) is 0 Å². The van der Waals surface area contributed by atoms with Gasteiger partial charge in [-0.1, -0.05) is 30.3 Å². The Bertz CT molecular complexity index is 1100. The van der Waals surface area contributed by atoms with E-state index < -0.39 is 11.9 Å². The van der Waals surface area contributed by atoms with Crippen LogP contribution >= 0.6 is 0 Å². The van der Waals surface area contributed by atoms with Crippen LogP contribution in [0.4, 0.5) is 0 Å². The molecule has 0 saturated heterocycles. The van der Waals surface area contributed by atoms with Crippen LogP contribution in [0.15, 0.2) is 58.4 Å². The Labute approximate surface area is 153 Å². The van der Waals surface area contributed by atoms with Gasteiger partial charge in [0.2, 0.25) is 0 Å². The molecule has 1 aromatic heterocycles. The van der Waals surface area contributed by atoms with Crippen LogP contribution in [0.3, 0.4) is 0 Å². The number of aromatic carboxylic acids is 1. The summed E-state index contributed by atoms with van der Waals surface area (Å²) in [6.45, 7) is 2.10. The van der Waals surface area contributed by atoms with Gasteiger partial charge in [-0.05, 0) is 30.7 Å². The Kier molecular flexibility index (Phi) is 5.07. The maximum absolute atomic E-state index is 12.5. The number of benzene rings is 2. The Morgan fingerprint density at radius 3 is 2.44 bits per heavy atom. The van der Waals surface area contributed by atoms with E-state index in [-0.39, 0.29) is 16.8 Å². The summed E-state index contributed by atoms with van der Waals surface area (Å²) in [5, 5.41) is 17.7. The second-order valence-corrected chi connectivity index (χ2v) is 5.64. The zero-order valence-electron chi connectivity index (χ0n) is 14.4. The predicted octanol–water partition coefficient (Wildman–Crippen LogP) is 1.88. The minimum Gasteiger partial charge on any atom is -0.478 e. The lowest BCUT2D eigenvalue weighted by atomic mass is 10.1. The number of carboxylic acids is 1. The van der Waals surface area contributed by atoms with Gasteiger partial charge in [-0.25, -0.2) is 14.9 Å². The molecule has 0 aliphatic carbocycles. The van der Waals surface area contributed by atoms with Gasteiger partial charge >= 0.3 is 5.97 Å². The zero-order chi connectivity index (χ0) is 19.4. The molecule has 0 radical (unpaired) electrons. The first-order valence-corrected chi connectivity index (χ1v) is 8.18. The van der Waals surface area contributed by atoms with E-state index >= 15 is 0 Å². The summed E-state index contributed by atoms with van der Waals surface area (Å²) in [7, 11) is 0. The number of rotatable bonds is 5. The Balaban J connectivity index is 1.85. The van der Waals surface area contributed by atoms with Gasteiger partial charge in [0.25, 0.3) is 11.5 Å². The fraction of sp³-hybridized carbons (Fsp3) is 0.105. The number of fused-ring (bicyclic) bond motifs is 1. The molecule has 2 N–H and O–H groups in total. The molecule has 0 saturated carbocycles. The monoisotopic (exact) mass is 364 g/mol. The molecule has 0 spiro atoms. The lowest BCUT2D eigenvalue weighted by Gasteiger charge is -2.08. The molecule has 8 heteroatoms. The third kappa shape index (κ3) is 3.74. The van der Waals surface area contributed by atoms with Crippen LogP contribution in [-0.2, 0) is 6.54 Å². The summed E-state index contributed by atoms with van der Waals surface area (Å²) in [4.78, 5) is 35.6. The third-order valence-electron chi connectivity index (χ3n) is 3.92. The Morgan fingerprint density at radius 1 is 1.15 bits per heavy atom. The molecule has 0 aliphatic heterocycles. The van der Waals surface area contributed by atoms with Gasteiger partial charge < -0.3 is 5.11 Å². The largest absolute Gasteiger partial charge is 0.478 e. The van der Waals surface area contributed by atoms with Gasteiger partial charge in [-0.2, -0.15) is 10.2 Å². The van der Waals surface area contributed by atoms with E-state index in [4.69, 9.17) is 5.11 Å². The van der Waals surface area contributed by atoms with Crippen LogP contribution in [0.2, 0.25) is 0 Å². The van der Waals surface area contributed by atoms with Crippen molar-refractivity contribution in [3.8, 4) is 0 Å². The van der Waals surface area contributed by atoms with E-state index in [1.54, 1.807) is 43.3 Å². The second kappa shape index (κ2) is 7.61. The lowest BCUT2D eigenvalue weighted by molar-refractivity contribution is 0.0696. The van der Waals surface area contributed by atoms with E-state index in [1.165, 1.54) is 23.0 Å². The van der Waals surface area contributed by atoms with E-state index in [9.17, 15) is 14.4 Å². The molecule has 0 aliphatic rings.